The molecule has 1 aromatic carbocycles. The summed E-state index contributed by atoms with van der Waals surface area (Å²) in [6.45, 7) is -1.41. The molecule has 10 heteroatoms. The van der Waals surface area contributed by atoms with Gasteiger partial charge in [0.05, 0.1) is 11.9 Å². The first kappa shape index (κ1) is 24.9. The summed E-state index contributed by atoms with van der Waals surface area (Å²) in [5.74, 6) is -2.77. The molecule has 0 fully saturated rings. The molecule has 0 unspecified atom stereocenters. The second kappa shape index (κ2) is 13.0. The average Bonchev–Trinajstić information content (AvgIpc) is 2.45. The maximum Gasteiger partial charge on any atom is 1.00 e. The Labute approximate surface area is 177 Å². The summed E-state index contributed by atoms with van der Waals surface area (Å²) in [6, 6.07) is 4.40. The molecule has 0 aromatic heterocycles. The summed E-state index contributed by atoms with van der Waals surface area (Å²) in [6.07, 6.45) is -0.689. The molecule has 8 nitrogen and oxygen atoms in total. The molecule has 0 saturated heterocycles. The van der Waals surface area contributed by atoms with Crippen LogP contribution in [0.5, 0.6) is 11.5 Å². The molecule has 23 heavy (non-hydrogen) atoms. The Morgan fingerprint density at radius 3 is 1.87 bits per heavy atom. The number of rotatable bonds is 9. The van der Waals surface area contributed by atoms with E-state index in [-0.39, 0.29) is 70.6 Å². The SMILES string of the molecule is COC(OC)c1ccc(OCC(=O)[O-])c(OCC(=O)[O-])c1.[Na+].[Na+]. The van der Waals surface area contributed by atoms with E-state index in [2.05, 4.69) is 0 Å². The quantitative estimate of drug-likeness (QED) is 0.320. The first-order chi connectivity index (χ1) is 9.97. The number of ether oxygens (including phenoxy) is 4. The van der Waals surface area contributed by atoms with Crippen LogP contribution in [-0.2, 0) is 19.1 Å². The van der Waals surface area contributed by atoms with E-state index in [1.165, 1.54) is 26.4 Å². The largest absolute Gasteiger partial charge is 1.00 e. The molecule has 0 amide bonds. The van der Waals surface area contributed by atoms with Crippen molar-refractivity contribution < 1.29 is 97.9 Å². The molecule has 0 aliphatic heterocycles. The van der Waals surface area contributed by atoms with Crippen molar-refractivity contribution in [2.24, 2.45) is 0 Å². The topological polar surface area (TPSA) is 117 Å². The van der Waals surface area contributed by atoms with Gasteiger partial charge in [0.2, 0.25) is 0 Å². The molecule has 116 valence electrons. The predicted molar refractivity (Wildman–Crippen MR) is 64.2 cm³/mol. The minimum absolute atomic E-state index is 0. The Balaban J connectivity index is 0. The molecule has 0 bridgehead atoms. The van der Waals surface area contributed by atoms with E-state index in [1.807, 2.05) is 0 Å². The number of carbonyl (C=O) groups is 2. The number of hydrogen-bond acceptors (Lipinski definition) is 8. The molecule has 0 N–H and O–H groups in total. The van der Waals surface area contributed by atoms with E-state index in [0.717, 1.165) is 0 Å². The van der Waals surface area contributed by atoms with Gasteiger partial charge in [0.15, 0.2) is 17.8 Å². The van der Waals surface area contributed by atoms with Crippen LogP contribution in [0.3, 0.4) is 0 Å². The van der Waals surface area contributed by atoms with Crippen LogP contribution in [0.25, 0.3) is 0 Å². The van der Waals surface area contributed by atoms with Gasteiger partial charge in [0, 0.05) is 19.8 Å². The number of benzene rings is 1. The van der Waals surface area contributed by atoms with Crippen molar-refractivity contribution in [3.05, 3.63) is 23.8 Å². The molecule has 0 heterocycles. The van der Waals surface area contributed by atoms with Gasteiger partial charge in [0.25, 0.3) is 0 Å². The number of carbonyl (C=O) groups excluding carboxylic acids is 2. The molecular weight excluding hydrogens is 330 g/mol. The van der Waals surface area contributed by atoms with Gasteiger partial charge in [-0.3, -0.25) is 0 Å². The Hall–Kier alpha value is -0.320. The van der Waals surface area contributed by atoms with Crippen LogP contribution < -0.4 is 78.8 Å². The van der Waals surface area contributed by atoms with Crippen LogP contribution >= 0.6 is 0 Å². The van der Waals surface area contributed by atoms with Gasteiger partial charge in [0.1, 0.15) is 13.2 Å². The number of aliphatic carboxylic acids is 2. The van der Waals surface area contributed by atoms with Crippen molar-refractivity contribution in [2.45, 2.75) is 6.29 Å². The normalized spacial score (nSPS) is 9.52. The number of hydrogen-bond donors (Lipinski definition) is 0. The second-order valence-electron chi connectivity index (χ2n) is 3.83. The molecule has 0 radical (unpaired) electrons. The minimum atomic E-state index is -1.43. The third-order valence-corrected chi connectivity index (χ3v) is 2.36. The zero-order valence-electron chi connectivity index (χ0n) is 13.5. The third kappa shape index (κ3) is 8.92. The molecule has 0 aliphatic rings. The first-order valence-electron chi connectivity index (χ1n) is 5.82. The summed E-state index contributed by atoms with van der Waals surface area (Å²) >= 11 is 0. The number of carboxylic acid groups (broad SMARTS) is 2. The van der Waals surface area contributed by atoms with Crippen molar-refractivity contribution in [1.29, 1.82) is 0 Å². The average molecular weight is 344 g/mol. The molecule has 0 saturated carbocycles. The zero-order valence-corrected chi connectivity index (χ0v) is 17.5. The summed E-state index contributed by atoms with van der Waals surface area (Å²) in [7, 11) is 2.85. The van der Waals surface area contributed by atoms with Gasteiger partial charge in [-0.25, -0.2) is 0 Å². The first-order valence-corrected chi connectivity index (χ1v) is 5.82. The van der Waals surface area contributed by atoms with E-state index in [0.29, 0.717) is 5.56 Å². The summed E-state index contributed by atoms with van der Waals surface area (Å²) < 4.78 is 20.1. The monoisotopic (exact) mass is 344 g/mol. The molecule has 1 rings (SSSR count). The van der Waals surface area contributed by atoms with Gasteiger partial charge in [-0.15, -0.1) is 0 Å². The maximum absolute atomic E-state index is 10.5. The molecule has 0 aliphatic carbocycles. The smallest absolute Gasteiger partial charge is 0.546 e. The zero-order chi connectivity index (χ0) is 15.8. The Bertz CT molecular complexity index is 505. The van der Waals surface area contributed by atoms with E-state index >= 15 is 0 Å². The van der Waals surface area contributed by atoms with Crippen molar-refractivity contribution in [1.82, 2.24) is 0 Å². The fraction of sp³-hybridized carbons (Fsp3) is 0.385. The van der Waals surface area contributed by atoms with Crippen LogP contribution in [0, 0.1) is 0 Å². The summed E-state index contributed by atoms with van der Waals surface area (Å²) in [4.78, 5) is 20.8. The van der Waals surface area contributed by atoms with Crippen LogP contribution in [0.15, 0.2) is 18.2 Å². The fourth-order valence-electron chi connectivity index (χ4n) is 1.55. The van der Waals surface area contributed by atoms with Crippen LogP contribution in [0.1, 0.15) is 11.9 Å². The van der Waals surface area contributed by atoms with Gasteiger partial charge in [-0.2, -0.15) is 0 Å². The van der Waals surface area contributed by atoms with Crippen molar-refractivity contribution >= 4 is 11.9 Å². The van der Waals surface area contributed by atoms with E-state index in [9.17, 15) is 19.8 Å². The van der Waals surface area contributed by atoms with Crippen LogP contribution in [-0.4, -0.2) is 39.4 Å². The molecular formula is C13H14Na2O8. The predicted octanol–water partition coefficient (Wildman–Crippen LogP) is -7.76. The van der Waals surface area contributed by atoms with E-state index < -0.39 is 31.4 Å². The van der Waals surface area contributed by atoms with Crippen molar-refractivity contribution in [3.8, 4) is 11.5 Å². The molecule has 0 spiro atoms. The van der Waals surface area contributed by atoms with Gasteiger partial charge < -0.3 is 38.7 Å². The van der Waals surface area contributed by atoms with E-state index in [4.69, 9.17) is 18.9 Å². The van der Waals surface area contributed by atoms with Crippen LogP contribution in [0.4, 0.5) is 0 Å². The Morgan fingerprint density at radius 2 is 1.43 bits per heavy atom. The Kier molecular flexibility index (Phi) is 14.1. The maximum atomic E-state index is 10.5. The summed E-state index contributed by atoms with van der Waals surface area (Å²) in [5, 5.41) is 20.8. The van der Waals surface area contributed by atoms with Crippen molar-refractivity contribution in [2.75, 3.05) is 27.4 Å². The number of methoxy groups -OCH3 is 2. The number of carboxylic acids is 2. The molecule has 0 atom stereocenters. The minimum Gasteiger partial charge on any atom is -0.546 e. The fourth-order valence-corrected chi connectivity index (χ4v) is 1.55. The van der Waals surface area contributed by atoms with Crippen molar-refractivity contribution in [3.63, 3.8) is 0 Å². The molecule has 1 aromatic rings. The van der Waals surface area contributed by atoms with Gasteiger partial charge in [-0.1, -0.05) is 6.07 Å². The third-order valence-electron chi connectivity index (χ3n) is 2.36. The van der Waals surface area contributed by atoms with Gasteiger partial charge >= 0.3 is 59.1 Å². The second-order valence-corrected chi connectivity index (χ2v) is 3.83. The Morgan fingerprint density at radius 1 is 0.957 bits per heavy atom. The van der Waals surface area contributed by atoms with Crippen LogP contribution in [0.2, 0.25) is 0 Å². The van der Waals surface area contributed by atoms with Gasteiger partial charge in [-0.05, 0) is 12.1 Å². The standard InChI is InChI=1S/C13H16O8.2Na/c1-18-13(19-2)8-3-4-9(20-6-11(14)15)10(5-8)21-7-12(16)17;;/h3-5,13H,6-7H2,1-2H3,(H,14,15)(H,16,17);;/q;2*+1/p-2. The summed E-state index contributed by atoms with van der Waals surface area (Å²) in [5.41, 5.74) is 0.536. The van der Waals surface area contributed by atoms with E-state index in [1.54, 1.807) is 6.07 Å².